The molecule has 120 valence electrons. The van der Waals surface area contributed by atoms with Crippen molar-refractivity contribution in [3.8, 4) is 5.69 Å². The van der Waals surface area contributed by atoms with Crippen molar-refractivity contribution < 1.29 is 4.79 Å². The SMILES string of the molecule is O=C(CC1CC2CCC(C1)N2)Nc1cccc(-n2ccnc2)c1. The van der Waals surface area contributed by atoms with E-state index in [2.05, 4.69) is 15.6 Å². The summed E-state index contributed by atoms with van der Waals surface area (Å²) < 4.78 is 1.93. The van der Waals surface area contributed by atoms with E-state index in [0.717, 1.165) is 24.2 Å². The van der Waals surface area contributed by atoms with Crippen molar-refractivity contribution in [3.63, 3.8) is 0 Å². The number of hydrogen-bond acceptors (Lipinski definition) is 3. The van der Waals surface area contributed by atoms with Gasteiger partial charge in [-0.25, -0.2) is 4.98 Å². The Kier molecular flexibility index (Phi) is 3.87. The molecule has 2 aliphatic rings. The van der Waals surface area contributed by atoms with Crippen LogP contribution in [0.3, 0.4) is 0 Å². The molecular weight excluding hydrogens is 288 g/mol. The molecule has 0 saturated carbocycles. The maximum atomic E-state index is 12.4. The van der Waals surface area contributed by atoms with E-state index in [0.29, 0.717) is 24.4 Å². The lowest BCUT2D eigenvalue weighted by Crippen LogP contribution is -2.39. The van der Waals surface area contributed by atoms with E-state index < -0.39 is 0 Å². The normalized spacial score (nSPS) is 26.2. The standard InChI is InChI=1S/C18H22N4O/c23-18(10-13-8-15-4-5-16(9-13)20-15)21-14-2-1-3-17(11-14)22-7-6-19-12-22/h1-3,6-7,11-13,15-16,20H,4-5,8-10H2,(H,21,23). The first-order valence-electron chi connectivity index (χ1n) is 8.40. The molecular formula is C18H22N4O. The van der Waals surface area contributed by atoms with Crippen LogP contribution in [0.2, 0.25) is 0 Å². The third-order valence-corrected chi connectivity index (χ3v) is 4.98. The Morgan fingerprint density at radius 3 is 2.87 bits per heavy atom. The quantitative estimate of drug-likeness (QED) is 0.913. The Morgan fingerprint density at radius 2 is 2.13 bits per heavy atom. The lowest BCUT2D eigenvalue weighted by Gasteiger charge is -2.28. The largest absolute Gasteiger partial charge is 0.326 e. The van der Waals surface area contributed by atoms with Gasteiger partial charge in [-0.2, -0.15) is 0 Å². The minimum Gasteiger partial charge on any atom is -0.326 e. The molecule has 5 nitrogen and oxygen atoms in total. The number of piperidine rings is 1. The van der Waals surface area contributed by atoms with Gasteiger partial charge >= 0.3 is 0 Å². The van der Waals surface area contributed by atoms with Gasteiger partial charge in [-0.1, -0.05) is 6.07 Å². The Labute approximate surface area is 136 Å². The maximum absolute atomic E-state index is 12.4. The molecule has 0 radical (unpaired) electrons. The average Bonchev–Trinajstić information content (AvgIpc) is 3.17. The second kappa shape index (κ2) is 6.16. The fourth-order valence-corrected chi connectivity index (χ4v) is 3.97. The third kappa shape index (κ3) is 3.29. The van der Waals surface area contributed by atoms with E-state index in [9.17, 15) is 4.79 Å². The first-order valence-corrected chi connectivity index (χ1v) is 8.40. The van der Waals surface area contributed by atoms with Crippen LogP contribution in [0, 0.1) is 5.92 Å². The highest BCUT2D eigenvalue weighted by Crippen LogP contribution is 2.32. The van der Waals surface area contributed by atoms with Crippen LogP contribution in [-0.2, 0) is 4.79 Å². The molecule has 5 heteroatoms. The zero-order valence-electron chi connectivity index (χ0n) is 13.1. The van der Waals surface area contributed by atoms with E-state index in [-0.39, 0.29) is 5.91 Å². The summed E-state index contributed by atoms with van der Waals surface area (Å²) in [4.78, 5) is 16.4. The molecule has 2 aromatic rings. The number of carbonyl (C=O) groups is 1. The number of nitrogens with one attached hydrogen (secondary N) is 2. The molecule has 1 aromatic carbocycles. The number of hydrogen-bond donors (Lipinski definition) is 2. The summed E-state index contributed by atoms with van der Waals surface area (Å²) in [7, 11) is 0. The highest BCUT2D eigenvalue weighted by molar-refractivity contribution is 5.91. The Morgan fingerprint density at radius 1 is 1.30 bits per heavy atom. The van der Waals surface area contributed by atoms with Gasteiger partial charge in [0.25, 0.3) is 0 Å². The second-order valence-corrected chi connectivity index (χ2v) is 6.75. The summed E-state index contributed by atoms with van der Waals surface area (Å²) >= 11 is 0. The van der Waals surface area contributed by atoms with E-state index >= 15 is 0 Å². The molecule has 0 aliphatic carbocycles. The van der Waals surface area contributed by atoms with Gasteiger partial charge in [-0.15, -0.1) is 0 Å². The van der Waals surface area contributed by atoms with Crippen molar-refractivity contribution in [2.24, 2.45) is 5.92 Å². The fraction of sp³-hybridized carbons (Fsp3) is 0.444. The Balaban J connectivity index is 1.38. The number of anilines is 1. The van der Waals surface area contributed by atoms with Gasteiger partial charge in [0.05, 0.1) is 6.33 Å². The number of nitrogens with zero attached hydrogens (tertiary/aromatic N) is 2. The molecule has 0 spiro atoms. The predicted octanol–water partition coefficient (Wildman–Crippen LogP) is 2.73. The molecule has 2 atom stereocenters. The van der Waals surface area contributed by atoms with E-state index in [4.69, 9.17) is 0 Å². The van der Waals surface area contributed by atoms with Gasteiger partial charge in [-0.3, -0.25) is 4.79 Å². The maximum Gasteiger partial charge on any atom is 0.224 e. The number of rotatable bonds is 4. The minimum absolute atomic E-state index is 0.124. The molecule has 3 heterocycles. The van der Waals surface area contributed by atoms with Crippen molar-refractivity contribution >= 4 is 11.6 Å². The molecule has 2 unspecified atom stereocenters. The fourth-order valence-electron chi connectivity index (χ4n) is 3.97. The number of benzene rings is 1. The van der Waals surface area contributed by atoms with Crippen LogP contribution in [0.5, 0.6) is 0 Å². The molecule has 1 amide bonds. The smallest absolute Gasteiger partial charge is 0.224 e. The van der Waals surface area contributed by atoms with Crippen molar-refractivity contribution in [1.29, 1.82) is 0 Å². The highest BCUT2D eigenvalue weighted by Gasteiger charge is 2.34. The van der Waals surface area contributed by atoms with Crippen LogP contribution in [-0.4, -0.2) is 27.5 Å². The topological polar surface area (TPSA) is 59.0 Å². The molecule has 23 heavy (non-hydrogen) atoms. The summed E-state index contributed by atoms with van der Waals surface area (Å²) in [5.74, 6) is 0.643. The van der Waals surface area contributed by atoms with Gasteiger partial charge in [0, 0.05) is 42.3 Å². The van der Waals surface area contributed by atoms with Crippen LogP contribution in [0.15, 0.2) is 43.0 Å². The van der Waals surface area contributed by atoms with Gasteiger partial charge in [-0.05, 0) is 49.8 Å². The van der Waals surface area contributed by atoms with Crippen molar-refractivity contribution in [1.82, 2.24) is 14.9 Å². The summed E-state index contributed by atoms with van der Waals surface area (Å²) in [6.45, 7) is 0. The number of aromatic nitrogens is 2. The second-order valence-electron chi connectivity index (χ2n) is 6.75. The van der Waals surface area contributed by atoms with E-state index in [1.165, 1.54) is 12.8 Å². The van der Waals surface area contributed by atoms with Gasteiger partial charge in [0.15, 0.2) is 0 Å². The average molecular weight is 310 g/mol. The predicted molar refractivity (Wildman–Crippen MR) is 89.5 cm³/mol. The number of carbonyl (C=O) groups excluding carboxylic acids is 1. The van der Waals surface area contributed by atoms with E-state index in [1.54, 1.807) is 12.5 Å². The number of amides is 1. The molecule has 2 fully saturated rings. The summed E-state index contributed by atoms with van der Waals surface area (Å²) in [6, 6.07) is 9.14. The zero-order chi connectivity index (χ0) is 15.6. The number of fused-ring (bicyclic) bond motifs is 2. The highest BCUT2D eigenvalue weighted by atomic mass is 16.1. The molecule has 1 aromatic heterocycles. The monoisotopic (exact) mass is 310 g/mol. The molecule has 2 saturated heterocycles. The van der Waals surface area contributed by atoms with Gasteiger partial charge in [0.1, 0.15) is 0 Å². The molecule has 2 bridgehead atoms. The third-order valence-electron chi connectivity index (χ3n) is 4.98. The van der Waals surface area contributed by atoms with Crippen LogP contribution in [0.4, 0.5) is 5.69 Å². The summed E-state index contributed by atoms with van der Waals surface area (Å²) in [5, 5.41) is 6.67. The van der Waals surface area contributed by atoms with Crippen molar-refractivity contribution in [2.45, 2.75) is 44.2 Å². The lowest BCUT2D eigenvalue weighted by molar-refractivity contribution is -0.117. The Bertz CT molecular complexity index is 670. The van der Waals surface area contributed by atoms with Crippen LogP contribution < -0.4 is 10.6 Å². The molecule has 2 aliphatic heterocycles. The van der Waals surface area contributed by atoms with E-state index in [1.807, 2.05) is 35.0 Å². The first kappa shape index (κ1) is 14.5. The van der Waals surface area contributed by atoms with Crippen LogP contribution in [0.25, 0.3) is 5.69 Å². The Hall–Kier alpha value is -2.14. The molecule has 4 rings (SSSR count). The number of imidazole rings is 1. The van der Waals surface area contributed by atoms with Gasteiger partial charge < -0.3 is 15.2 Å². The summed E-state index contributed by atoms with van der Waals surface area (Å²) in [5.41, 5.74) is 1.85. The molecule has 2 N–H and O–H groups in total. The lowest BCUT2D eigenvalue weighted by atomic mass is 9.89. The minimum atomic E-state index is 0.124. The summed E-state index contributed by atoms with van der Waals surface area (Å²) in [6.07, 6.45) is 10.8. The van der Waals surface area contributed by atoms with Gasteiger partial charge in [0.2, 0.25) is 5.91 Å². The van der Waals surface area contributed by atoms with Crippen molar-refractivity contribution in [2.75, 3.05) is 5.32 Å². The van der Waals surface area contributed by atoms with Crippen LogP contribution in [0.1, 0.15) is 32.1 Å². The van der Waals surface area contributed by atoms with Crippen molar-refractivity contribution in [3.05, 3.63) is 43.0 Å². The zero-order valence-corrected chi connectivity index (χ0v) is 13.1. The van der Waals surface area contributed by atoms with Crippen LogP contribution >= 0.6 is 0 Å². The first-order chi connectivity index (χ1) is 11.3.